The van der Waals surface area contributed by atoms with Crippen LogP contribution in [0.4, 0.5) is 43.9 Å². The number of methoxy groups -OCH3 is 1. The molecule has 4 rings (SSSR count). The summed E-state index contributed by atoms with van der Waals surface area (Å²) in [4.78, 5) is 25.9. The van der Waals surface area contributed by atoms with Gasteiger partial charge in [-0.05, 0) is 89.2 Å². The number of alkyl halides is 7. The van der Waals surface area contributed by atoms with Gasteiger partial charge >= 0.3 is 24.5 Å². The predicted molar refractivity (Wildman–Crippen MR) is 162 cm³/mol. The molecule has 1 N–H and O–H groups in total. The number of benzene rings is 4. The van der Waals surface area contributed by atoms with Crippen molar-refractivity contribution in [1.82, 2.24) is 5.32 Å². The standard InChI is InChI=1S/C36H29F10NO3/c1-19(2)12-23-13-24(9-11-29(23)38)34(18-20-4-6-21(7-5-20)32(49)50-3,25-15-26(17-27(37)16-25)35(42,43)33(40)41)47-31(48)22-8-10-30(39)28(14-22)36(44,45)46/h4-11,13-17,19,33H,12,18H2,1-3H3,(H,47,48)/t34-/m1/s1. The summed E-state index contributed by atoms with van der Waals surface area (Å²) >= 11 is 0. The molecule has 4 nitrogen and oxygen atoms in total. The van der Waals surface area contributed by atoms with Gasteiger partial charge in [0.2, 0.25) is 0 Å². The number of halogens is 10. The van der Waals surface area contributed by atoms with Crippen LogP contribution in [0.25, 0.3) is 0 Å². The summed E-state index contributed by atoms with van der Waals surface area (Å²) in [7, 11) is 1.12. The van der Waals surface area contributed by atoms with E-state index in [2.05, 4.69) is 10.1 Å². The number of esters is 1. The van der Waals surface area contributed by atoms with Gasteiger partial charge in [-0.25, -0.2) is 26.7 Å². The Bertz CT molecular complexity index is 1870. The van der Waals surface area contributed by atoms with Crippen LogP contribution in [0.15, 0.2) is 78.9 Å². The Kier molecular flexibility index (Phi) is 11.0. The topological polar surface area (TPSA) is 55.4 Å². The summed E-state index contributed by atoms with van der Waals surface area (Å²) in [5.74, 6) is -11.0. The first-order chi connectivity index (χ1) is 23.3. The molecule has 4 aromatic carbocycles. The number of hydrogen-bond donors (Lipinski definition) is 1. The summed E-state index contributed by atoms with van der Waals surface area (Å²) in [6, 6.07) is 11.2. The molecule has 4 aromatic rings. The average Bonchev–Trinajstić information content (AvgIpc) is 3.04. The van der Waals surface area contributed by atoms with Crippen LogP contribution in [-0.4, -0.2) is 25.4 Å². The van der Waals surface area contributed by atoms with Gasteiger partial charge in [0.25, 0.3) is 5.91 Å². The molecule has 1 amide bonds. The van der Waals surface area contributed by atoms with Crippen molar-refractivity contribution in [2.75, 3.05) is 7.11 Å². The number of hydrogen-bond acceptors (Lipinski definition) is 3. The lowest BCUT2D eigenvalue weighted by Gasteiger charge is -2.37. The van der Waals surface area contributed by atoms with Crippen LogP contribution in [0, 0.1) is 23.4 Å². The number of ether oxygens (including phenoxy) is 1. The van der Waals surface area contributed by atoms with Crippen LogP contribution in [0.1, 0.15) is 67.9 Å². The van der Waals surface area contributed by atoms with E-state index in [0.717, 1.165) is 19.2 Å². The quantitative estimate of drug-likeness (QED) is 0.125. The molecular formula is C36H29F10NO3. The lowest BCUT2D eigenvalue weighted by atomic mass is 9.76. The van der Waals surface area contributed by atoms with Crippen LogP contribution < -0.4 is 5.32 Å². The van der Waals surface area contributed by atoms with E-state index in [0.29, 0.717) is 24.3 Å². The Balaban J connectivity index is 2.07. The van der Waals surface area contributed by atoms with E-state index in [1.165, 1.54) is 30.3 Å². The molecule has 0 aliphatic rings. The average molecular weight is 714 g/mol. The molecule has 50 heavy (non-hydrogen) atoms. The van der Waals surface area contributed by atoms with Crippen LogP contribution in [0.5, 0.6) is 0 Å². The normalized spacial score (nSPS) is 13.3. The molecule has 0 fully saturated rings. The Hall–Kier alpha value is -4.88. The molecule has 0 spiro atoms. The molecule has 0 unspecified atom stereocenters. The van der Waals surface area contributed by atoms with E-state index in [4.69, 9.17) is 0 Å². The van der Waals surface area contributed by atoms with Crippen molar-refractivity contribution in [2.24, 2.45) is 5.92 Å². The van der Waals surface area contributed by atoms with E-state index < -0.39 is 82.1 Å². The molecule has 0 aliphatic carbocycles. The minimum absolute atomic E-state index is 0.0489. The fraction of sp³-hybridized carbons (Fsp3) is 0.278. The van der Waals surface area contributed by atoms with Gasteiger partial charge in [-0.1, -0.05) is 38.1 Å². The van der Waals surface area contributed by atoms with Crippen molar-refractivity contribution in [2.45, 2.75) is 50.8 Å². The molecule has 0 radical (unpaired) electrons. The van der Waals surface area contributed by atoms with Gasteiger partial charge in [-0.2, -0.15) is 22.0 Å². The number of carbonyl (C=O) groups excluding carboxylic acids is 2. The zero-order valence-corrected chi connectivity index (χ0v) is 26.6. The SMILES string of the molecule is COC(=O)c1ccc(C[C@](NC(=O)c2ccc(F)c(C(F)(F)F)c2)(c2cc(F)cc(C(F)(F)C(F)F)c2)c2ccc(F)c(CC(C)C)c2)cc1. The van der Waals surface area contributed by atoms with E-state index in [9.17, 15) is 44.7 Å². The lowest BCUT2D eigenvalue weighted by molar-refractivity contribution is -0.140. The molecule has 0 bridgehead atoms. The van der Waals surface area contributed by atoms with Crippen molar-refractivity contribution in [3.63, 3.8) is 0 Å². The lowest BCUT2D eigenvalue weighted by Crippen LogP contribution is -2.49. The summed E-state index contributed by atoms with van der Waals surface area (Å²) in [5.41, 5.74) is -6.72. The molecule has 0 aliphatic heterocycles. The van der Waals surface area contributed by atoms with E-state index in [1.54, 1.807) is 13.8 Å². The number of carbonyl (C=O) groups is 2. The van der Waals surface area contributed by atoms with Crippen molar-refractivity contribution in [1.29, 1.82) is 0 Å². The molecule has 0 saturated heterocycles. The van der Waals surface area contributed by atoms with Gasteiger partial charge in [0.05, 0.1) is 23.8 Å². The smallest absolute Gasteiger partial charge is 0.419 e. The highest BCUT2D eigenvalue weighted by molar-refractivity contribution is 5.95. The van der Waals surface area contributed by atoms with Gasteiger partial charge in [0.15, 0.2) is 0 Å². The first kappa shape index (κ1) is 37.9. The van der Waals surface area contributed by atoms with Crippen LogP contribution in [0.2, 0.25) is 0 Å². The summed E-state index contributed by atoms with van der Waals surface area (Å²) in [6.45, 7) is 3.50. The third-order valence-electron chi connectivity index (χ3n) is 7.92. The highest BCUT2D eigenvalue weighted by Crippen LogP contribution is 2.41. The van der Waals surface area contributed by atoms with E-state index in [-0.39, 0.29) is 46.7 Å². The van der Waals surface area contributed by atoms with E-state index in [1.807, 2.05) is 0 Å². The van der Waals surface area contributed by atoms with Gasteiger partial charge in [0.1, 0.15) is 17.5 Å². The van der Waals surface area contributed by atoms with E-state index >= 15 is 8.78 Å². The predicted octanol–water partition coefficient (Wildman–Crippen LogP) is 9.38. The number of rotatable bonds is 11. The Morgan fingerprint density at radius 1 is 0.740 bits per heavy atom. The summed E-state index contributed by atoms with van der Waals surface area (Å²) < 4.78 is 147. The first-order valence-electron chi connectivity index (χ1n) is 14.9. The highest BCUT2D eigenvalue weighted by Gasteiger charge is 2.45. The molecule has 1 atom stereocenters. The number of amides is 1. The molecule has 0 aromatic heterocycles. The van der Waals surface area contributed by atoms with Gasteiger partial charge in [0, 0.05) is 17.5 Å². The van der Waals surface area contributed by atoms with Crippen molar-refractivity contribution >= 4 is 11.9 Å². The fourth-order valence-electron chi connectivity index (χ4n) is 5.48. The zero-order chi connectivity index (χ0) is 37.2. The fourth-order valence-corrected chi connectivity index (χ4v) is 5.48. The van der Waals surface area contributed by atoms with Gasteiger partial charge in [-0.3, -0.25) is 4.79 Å². The Morgan fingerprint density at radius 2 is 1.34 bits per heavy atom. The summed E-state index contributed by atoms with van der Waals surface area (Å²) in [5, 5.41) is 2.47. The second kappa shape index (κ2) is 14.5. The number of nitrogens with one attached hydrogen (secondary N) is 1. The zero-order valence-electron chi connectivity index (χ0n) is 26.6. The molecule has 0 heterocycles. The highest BCUT2D eigenvalue weighted by atomic mass is 19.4. The minimum atomic E-state index is -5.24. The maximum absolute atomic E-state index is 15.2. The molecule has 14 heteroatoms. The van der Waals surface area contributed by atoms with Crippen LogP contribution in [0.3, 0.4) is 0 Å². The van der Waals surface area contributed by atoms with Gasteiger partial charge in [-0.15, -0.1) is 0 Å². The van der Waals surface area contributed by atoms with Gasteiger partial charge < -0.3 is 10.1 Å². The van der Waals surface area contributed by atoms with Crippen molar-refractivity contribution in [3.8, 4) is 0 Å². The maximum atomic E-state index is 15.2. The maximum Gasteiger partial charge on any atom is 0.419 e. The Morgan fingerprint density at radius 3 is 1.92 bits per heavy atom. The third kappa shape index (κ3) is 8.11. The first-order valence-corrected chi connectivity index (χ1v) is 14.9. The third-order valence-corrected chi connectivity index (χ3v) is 7.92. The second-order valence-electron chi connectivity index (χ2n) is 12.0. The largest absolute Gasteiger partial charge is 0.465 e. The second-order valence-corrected chi connectivity index (χ2v) is 12.0. The monoisotopic (exact) mass is 713 g/mol. The minimum Gasteiger partial charge on any atom is -0.465 e. The molecule has 266 valence electrons. The molecular weight excluding hydrogens is 684 g/mol. The van der Waals surface area contributed by atoms with Crippen molar-refractivity contribution in [3.05, 3.63) is 141 Å². The Labute approximate surface area is 280 Å². The summed E-state index contributed by atoms with van der Waals surface area (Å²) in [6.07, 6.45) is -9.97. The van der Waals surface area contributed by atoms with Crippen LogP contribution in [-0.2, 0) is 35.2 Å². The molecule has 0 saturated carbocycles. The van der Waals surface area contributed by atoms with Crippen LogP contribution >= 0.6 is 0 Å². The van der Waals surface area contributed by atoms with Crippen molar-refractivity contribution < 1.29 is 58.2 Å².